The van der Waals surface area contributed by atoms with E-state index in [1.54, 1.807) is 12.1 Å². The number of nitrogens with zero attached hydrogens (tertiary/aromatic N) is 3. The van der Waals surface area contributed by atoms with Gasteiger partial charge in [0.1, 0.15) is 11.3 Å². The second-order valence-corrected chi connectivity index (χ2v) is 5.37. The summed E-state index contributed by atoms with van der Waals surface area (Å²) in [5.41, 5.74) is 8.93. The molecule has 0 radical (unpaired) electrons. The summed E-state index contributed by atoms with van der Waals surface area (Å²) in [5.74, 6) is 0.0853. The molecule has 1 heterocycles. The first kappa shape index (κ1) is 13.9. The van der Waals surface area contributed by atoms with E-state index in [1.807, 2.05) is 13.0 Å². The number of benzene rings is 2. The van der Waals surface area contributed by atoms with Gasteiger partial charge in [0.2, 0.25) is 5.95 Å². The van der Waals surface area contributed by atoms with Crippen molar-refractivity contribution in [1.29, 1.82) is 0 Å². The van der Waals surface area contributed by atoms with Crippen LogP contribution in [-0.2, 0) is 0 Å². The third kappa shape index (κ3) is 2.34. The fraction of sp³-hybridized carbons (Fsp3) is 0.0714. The summed E-state index contributed by atoms with van der Waals surface area (Å²) < 4.78 is 0. The fourth-order valence-electron chi connectivity index (χ4n) is 2.18. The van der Waals surface area contributed by atoms with E-state index in [9.17, 15) is 5.11 Å². The maximum atomic E-state index is 9.76. The van der Waals surface area contributed by atoms with E-state index >= 15 is 0 Å². The predicted molar refractivity (Wildman–Crippen MR) is 83.6 cm³/mol. The number of nitrogen functional groups attached to an aromatic ring is 1. The Hall–Kier alpha value is -2.11. The normalized spacial score (nSPS) is 11.0. The van der Waals surface area contributed by atoms with Crippen LogP contribution in [0.3, 0.4) is 0 Å². The largest absolute Gasteiger partial charge is 0.506 e. The van der Waals surface area contributed by atoms with Crippen LogP contribution in [-0.4, -0.2) is 20.3 Å². The summed E-state index contributed by atoms with van der Waals surface area (Å²) in [7, 11) is 0. The van der Waals surface area contributed by atoms with E-state index < -0.39 is 0 Å². The quantitative estimate of drug-likeness (QED) is 0.715. The van der Waals surface area contributed by atoms with Gasteiger partial charge >= 0.3 is 0 Å². The molecule has 7 heteroatoms. The SMILES string of the molecule is Cc1cc(-c2c(Cl)ccc(O)c2Cl)cc2nnc(N)nc12. The Morgan fingerprint density at radius 2 is 1.90 bits per heavy atom. The Morgan fingerprint density at radius 3 is 2.67 bits per heavy atom. The monoisotopic (exact) mass is 320 g/mol. The lowest BCUT2D eigenvalue weighted by molar-refractivity contribution is 0.476. The zero-order valence-corrected chi connectivity index (χ0v) is 12.4. The lowest BCUT2D eigenvalue weighted by atomic mass is 10.0. The van der Waals surface area contributed by atoms with Gasteiger partial charge in [-0.3, -0.25) is 0 Å². The number of phenols is 1. The van der Waals surface area contributed by atoms with Crippen LogP contribution < -0.4 is 5.73 Å². The molecule has 0 aliphatic rings. The van der Waals surface area contributed by atoms with Crippen molar-refractivity contribution in [2.24, 2.45) is 0 Å². The molecule has 106 valence electrons. The number of aromatic hydroxyl groups is 1. The van der Waals surface area contributed by atoms with Crippen LogP contribution in [0.2, 0.25) is 10.0 Å². The average Bonchev–Trinajstić information content (AvgIpc) is 2.44. The van der Waals surface area contributed by atoms with Crippen molar-refractivity contribution in [2.45, 2.75) is 6.92 Å². The standard InChI is InChI=1S/C14H10Cl2N4O/c1-6-4-7(5-9-13(6)18-14(17)20-19-9)11-8(15)2-3-10(21)12(11)16/h2-5,21H,1H3,(H2,17,18,20). The van der Waals surface area contributed by atoms with E-state index in [2.05, 4.69) is 15.2 Å². The van der Waals surface area contributed by atoms with Crippen LogP contribution in [0.1, 0.15) is 5.56 Å². The number of rotatable bonds is 1. The number of anilines is 1. The zero-order chi connectivity index (χ0) is 15.1. The third-order valence-electron chi connectivity index (χ3n) is 3.13. The summed E-state index contributed by atoms with van der Waals surface area (Å²) in [6, 6.07) is 6.66. The highest BCUT2D eigenvalue weighted by Crippen LogP contribution is 2.40. The molecule has 0 bridgehead atoms. The molecule has 5 nitrogen and oxygen atoms in total. The fourth-order valence-corrected chi connectivity index (χ4v) is 2.76. The zero-order valence-electron chi connectivity index (χ0n) is 10.9. The van der Waals surface area contributed by atoms with E-state index in [0.717, 1.165) is 11.1 Å². The van der Waals surface area contributed by atoms with E-state index in [4.69, 9.17) is 28.9 Å². The van der Waals surface area contributed by atoms with Crippen LogP contribution in [0.25, 0.3) is 22.2 Å². The van der Waals surface area contributed by atoms with Gasteiger partial charge in [-0.2, -0.15) is 0 Å². The van der Waals surface area contributed by atoms with Crippen molar-refractivity contribution in [1.82, 2.24) is 15.2 Å². The van der Waals surface area contributed by atoms with Gasteiger partial charge in [-0.05, 0) is 42.3 Å². The maximum absolute atomic E-state index is 9.76. The number of hydrogen-bond donors (Lipinski definition) is 2. The second kappa shape index (κ2) is 5.02. The molecule has 0 saturated heterocycles. The van der Waals surface area contributed by atoms with E-state index in [0.29, 0.717) is 21.6 Å². The highest BCUT2D eigenvalue weighted by atomic mass is 35.5. The smallest absolute Gasteiger partial charge is 0.240 e. The number of phenolic OH excluding ortho intramolecular Hbond substituents is 1. The first-order valence-electron chi connectivity index (χ1n) is 6.05. The molecular formula is C14H10Cl2N4O. The number of halogens is 2. The van der Waals surface area contributed by atoms with E-state index in [1.165, 1.54) is 6.07 Å². The van der Waals surface area contributed by atoms with Crippen LogP contribution in [0.5, 0.6) is 5.75 Å². The van der Waals surface area contributed by atoms with Crippen molar-refractivity contribution in [2.75, 3.05) is 5.73 Å². The number of aromatic nitrogens is 3. The molecule has 0 unspecified atom stereocenters. The van der Waals surface area contributed by atoms with Gasteiger partial charge in [0.05, 0.1) is 15.6 Å². The summed E-state index contributed by atoms with van der Waals surface area (Å²) in [4.78, 5) is 4.16. The molecule has 0 fully saturated rings. The minimum absolute atomic E-state index is 0.0321. The second-order valence-electron chi connectivity index (χ2n) is 4.59. The van der Waals surface area contributed by atoms with Crippen molar-refractivity contribution < 1.29 is 5.11 Å². The summed E-state index contributed by atoms with van der Waals surface area (Å²) in [6.07, 6.45) is 0. The van der Waals surface area contributed by atoms with Crippen LogP contribution in [0.15, 0.2) is 24.3 Å². The Kier molecular flexibility index (Phi) is 3.31. The minimum Gasteiger partial charge on any atom is -0.506 e. The average molecular weight is 321 g/mol. The predicted octanol–water partition coefficient (Wildman–Crippen LogP) is 3.59. The van der Waals surface area contributed by atoms with Gasteiger partial charge in [-0.25, -0.2) is 4.98 Å². The van der Waals surface area contributed by atoms with Crippen LogP contribution >= 0.6 is 23.2 Å². The minimum atomic E-state index is -0.0321. The van der Waals surface area contributed by atoms with Crippen LogP contribution in [0.4, 0.5) is 5.95 Å². The Bertz CT molecular complexity index is 867. The molecule has 0 saturated carbocycles. The van der Waals surface area contributed by atoms with Crippen molar-refractivity contribution >= 4 is 40.2 Å². The molecule has 3 rings (SSSR count). The lowest BCUT2D eigenvalue weighted by Crippen LogP contribution is -1.99. The van der Waals surface area contributed by atoms with Gasteiger partial charge in [0, 0.05) is 5.56 Å². The first-order valence-corrected chi connectivity index (χ1v) is 6.81. The molecule has 0 atom stereocenters. The van der Waals surface area contributed by atoms with Gasteiger partial charge in [0.25, 0.3) is 0 Å². The molecule has 3 aromatic rings. The lowest BCUT2D eigenvalue weighted by Gasteiger charge is -2.11. The van der Waals surface area contributed by atoms with E-state index in [-0.39, 0.29) is 16.7 Å². The Balaban J connectivity index is 2.32. The van der Waals surface area contributed by atoms with Gasteiger partial charge in [-0.1, -0.05) is 23.2 Å². The van der Waals surface area contributed by atoms with Gasteiger partial charge in [-0.15, -0.1) is 10.2 Å². The molecular weight excluding hydrogens is 311 g/mol. The van der Waals surface area contributed by atoms with Crippen LogP contribution in [0, 0.1) is 6.92 Å². The topological polar surface area (TPSA) is 84.9 Å². The molecule has 0 aliphatic carbocycles. The molecule has 3 N–H and O–H groups in total. The number of fused-ring (bicyclic) bond motifs is 1. The maximum Gasteiger partial charge on any atom is 0.240 e. The summed E-state index contributed by atoms with van der Waals surface area (Å²) in [5, 5.41) is 18.2. The third-order valence-corrected chi connectivity index (χ3v) is 3.82. The van der Waals surface area contributed by atoms with Gasteiger partial charge < -0.3 is 10.8 Å². The summed E-state index contributed by atoms with van der Waals surface area (Å²) >= 11 is 12.4. The Morgan fingerprint density at radius 1 is 1.14 bits per heavy atom. The first-order chi connectivity index (χ1) is 9.97. The molecule has 21 heavy (non-hydrogen) atoms. The molecule has 0 spiro atoms. The van der Waals surface area contributed by atoms with Crippen molar-refractivity contribution in [3.05, 3.63) is 39.9 Å². The molecule has 0 amide bonds. The van der Waals surface area contributed by atoms with Crippen molar-refractivity contribution in [3.8, 4) is 16.9 Å². The summed E-state index contributed by atoms with van der Waals surface area (Å²) in [6.45, 7) is 1.88. The molecule has 1 aromatic heterocycles. The Labute approximate surface area is 130 Å². The highest BCUT2D eigenvalue weighted by Gasteiger charge is 2.15. The number of aryl methyl sites for hydroxylation is 1. The molecule has 0 aliphatic heterocycles. The highest BCUT2D eigenvalue weighted by molar-refractivity contribution is 6.40. The number of hydrogen-bond acceptors (Lipinski definition) is 5. The molecule has 2 aromatic carbocycles. The van der Waals surface area contributed by atoms with Gasteiger partial charge in [0.15, 0.2) is 0 Å². The number of nitrogens with two attached hydrogens (primary N) is 1. The van der Waals surface area contributed by atoms with Crippen molar-refractivity contribution in [3.63, 3.8) is 0 Å².